The van der Waals surface area contributed by atoms with Gasteiger partial charge in [-0.15, -0.1) is 0 Å². The number of aryl methyl sites for hydroxylation is 1. The Bertz CT molecular complexity index is 1130. The molecule has 9 nitrogen and oxygen atoms in total. The molecule has 2 aromatic rings. The minimum Gasteiger partial charge on any atom is -0.453 e. The number of aromatic nitrogens is 2. The fourth-order valence-electron chi connectivity index (χ4n) is 3.60. The van der Waals surface area contributed by atoms with E-state index in [0.717, 1.165) is 0 Å². The number of carbonyl (C=O) groups excluding carboxylic acids is 2. The summed E-state index contributed by atoms with van der Waals surface area (Å²) in [4.78, 5) is 44.2. The molecule has 1 fully saturated rings. The average molecular weight is 502 g/mol. The van der Waals surface area contributed by atoms with E-state index in [9.17, 15) is 27.6 Å². The molecule has 0 aliphatic carbocycles. The summed E-state index contributed by atoms with van der Waals surface area (Å²) in [5.41, 5.74) is 0.478. The van der Waals surface area contributed by atoms with Crippen LogP contribution >= 0.6 is 11.6 Å². The largest absolute Gasteiger partial charge is 0.453 e. The van der Waals surface area contributed by atoms with Crippen molar-refractivity contribution in [2.45, 2.75) is 19.6 Å². The number of ether oxygens (including phenoxy) is 1. The number of methoxy groups -OCH3 is 1. The lowest BCUT2D eigenvalue weighted by Crippen LogP contribution is -2.52. The molecule has 0 radical (unpaired) electrons. The lowest BCUT2D eigenvalue weighted by atomic mass is 10.1. The van der Waals surface area contributed by atoms with Crippen LogP contribution < -0.4 is 10.9 Å². The van der Waals surface area contributed by atoms with Crippen LogP contribution in [0.1, 0.15) is 5.82 Å². The Morgan fingerprint density at radius 3 is 2.44 bits per heavy atom. The van der Waals surface area contributed by atoms with Gasteiger partial charge in [-0.3, -0.25) is 24.4 Å². The summed E-state index contributed by atoms with van der Waals surface area (Å²) in [6.07, 6.45) is -5.02. The second-order valence-electron chi connectivity index (χ2n) is 7.69. The van der Waals surface area contributed by atoms with Gasteiger partial charge in [-0.25, -0.2) is 9.78 Å². The minimum absolute atomic E-state index is 0.100. The normalized spacial score (nSPS) is 14.7. The first-order valence-corrected chi connectivity index (χ1v) is 10.6. The number of carbonyl (C=O) groups is 2. The number of nitrogens with one attached hydrogen (secondary N) is 1. The summed E-state index contributed by atoms with van der Waals surface area (Å²) in [6.45, 7) is 0.735. The SMILES string of the molecule is COC(=O)Nc1cc(Cl)ccc1-c1cc(=O)n(CC(=O)N2CCN(CC(F)(F)F)CC2)c(C)n1. The zero-order valence-electron chi connectivity index (χ0n) is 18.5. The molecular formula is C21H23ClF3N5O4. The van der Waals surface area contributed by atoms with E-state index in [0.29, 0.717) is 10.6 Å². The summed E-state index contributed by atoms with van der Waals surface area (Å²) >= 11 is 6.01. The Kier molecular flexibility index (Phi) is 7.82. The van der Waals surface area contributed by atoms with Crippen LogP contribution in [-0.4, -0.2) is 77.4 Å². The van der Waals surface area contributed by atoms with E-state index in [2.05, 4.69) is 15.0 Å². The van der Waals surface area contributed by atoms with Crippen molar-refractivity contribution in [1.29, 1.82) is 0 Å². The fourth-order valence-corrected chi connectivity index (χ4v) is 3.77. The Labute approximate surface area is 198 Å². The van der Waals surface area contributed by atoms with Gasteiger partial charge in [0.25, 0.3) is 5.56 Å². The minimum atomic E-state index is -4.29. The Balaban J connectivity index is 1.75. The predicted octanol–water partition coefficient (Wildman–Crippen LogP) is 2.76. The first-order valence-electron chi connectivity index (χ1n) is 10.3. The van der Waals surface area contributed by atoms with Crippen LogP contribution in [0.4, 0.5) is 23.7 Å². The maximum atomic E-state index is 12.8. The van der Waals surface area contributed by atoms with Crippen molar-refractivity contribution in [3.8, 4) is 11.3 Å². The van der Waals surface area contributed by atoms with Gasteiger partial charge in [0, 0.05) is 42.8 Å². The molecule has 0 atom stereocenters. The third kappa shape index (κ3) is 6.48. The number of benzene rings is 1. The summed E-state index contributed by atoms with van der Waals surface area (Å²) in [7, 11) is 1.20. The van der Waals surface area contributed by atoms with E-state index in [1.54, 1.807) is 19.1 Å². The number of anilines is 1. The van der Waals surface area contributed by atoms with Gasteiger partial charge in [0.05, 0.1) is 25.0 Å². The highest BCUT2D eigenvalue weighted by Gasteiger charge is 2.33. The molecule has 1 aromatic heterocycles. The van der Waals surface area contributed by atoms with Crippen molar-refractivity contribution in [3.05, 3.63) is 45.5 Å². The number of amides is 2. The molecule has 3 rings (SSSR count). The van der Waals surface area contributed by atoms with E-state index < -0.39 is 24.4 Å². The van der Waals surface area contributed by atoms with Crippen LogP contribution in [0.2, 0.25) is 5.02 Å². The van der Waals surface area contributed by atoms with Gasteiger partial charge >= 0.3 is 12.3 Å². The van der Waals surface area contributed by atoms with Gasteiger partial charge in [0.15, 0.2) is 0 Å². The number of rotatable bonds is 5. The van der Waals surface area contributed by atoms with Crippen molar-refractivity contribution in [1.82, 2.24) is 19.4 Å². The molecule has 1 N–H and O–H groups in total. The fraction of sp³-hybridized carbons (Fsp3) is 0.429. The topological polar surface area (TPSA) is 96.8 Å². The highest BCUT2D eigenvalue weighted by molar-refractivity contribution is 6.31. The zero-order valence-corrected chi connectivity index (χ0v) is 19.2. The van der Waals surface area contributed by atoms with Crippen LogP contribution in [0.5, 0.6) is 0 Å². The Morgan fingerprint density at radius 1 is 1.18 bits per heavy atom. The van der Waals surface area contributed by atoms with Crippen LogP contribution in [0.15, 0.2) is 29.1 Å². The molecule has 0 unspecified atom stereocenters. The molecule has 1 aliphatic heterocycles. The van der Waals surface area contributed by atoms with Crippen LogP contribution in [-0.2, 0) is 16.1 Å². The molecule has 0 spiro atoms. The highest BCUT2D eigenvalue weighted by atomic mass is 35.5. The second-order valence-corrected chi connectivity index (χ2v) is 8.13. The second kappa shape index (κ2) is 10.4. The standard InChI is InChI=1S/C21H23ClF3N5O4/c1-13-26-17(15-4-3-14(22)9-16(15)27-20(33)34-2)10-18(31)30(13)11-19(32)29-7-5-28(6-8-29)12-21(23,24)25/h3-4,9-10H,5-8,11-12H2,1-2H3,(H,27,33). The molecule has 13 heteroatoms. The molecule has 2 heterocycles. The lowest BCUT2D eigenvalue weighted by molar-refractivity contribution is -0.151. The zero-order chi connectivity index (χ0) is 25.0. The monoisotopic (exact) mass is 501 g/mol. The van der Waals surface area contributed by atoms with Crippen molar-refractivity contribution < 1.29 is 27.5 Å². The van der Waals surface area contributed by atoms with Gasteiger partial charge in [-0.2, -0.15) is 13.2 Å². The predicted molar refractivity (Wildman–Crippen MR) is 119 cm³/mol. The Hall–Kier alpha value is -3.12. The van der Waals surface area contributed by atoms with Crippen molar-refractivity contribution >= 4 is 29.3 Å². The number of alkyl halides is 3. The molecule has 2 amide bonds. The van der Waals surface area contributed by atoms with Gasteiger partial charge in [0.2, 0.25) is 5.91 Å². The summed E-state index contributed by atoms with van der Waals surface area (Å²) in [5, 5.41) is 2.86. The van der Waals surface area contributed by atoms with Crippen molar-refractivity contribution in [3.63, 3.8) is 0 Å². The molecule has 0 bridgehead atoms. The van der Waals surface area contributed by atoms with Gasteiger partial charge in [-0.05, 0) is 25.1 Å². The van der Waals surface area contributed by atoms with Crippen LogP contribution in [0.3, 0.4) is 0 Å². The number of hydrogen-bond acceptors (Lipinski definition) is 6. The maximum Gasteiger partial charge on any atom is 0.411 e. The number of piperazine rings is 1. The van der Waals surface area contributed by atoms with Gasteiger partial charge < -0.3 is 9.64 Å². The third-order valence-electron chi connectivity index (χ3n) is 5.30. The first kappa shape index (κ1) is 25.5. The van der Waals surface area contributed by atoms with Crippen LogP contribution in [0, 0.1) is 6.92 Å². The molecule has 1 aromatic carbocycles. The smallest absolute Gasteiger partial charge is 0.411 e. The van der Waals surface area contributed by atoms with E-state index in [4.69, 9.17) is 11.6 Å². The average Bonchev–Trinajstić information content (AvgIpc) is 2.75. The molecule has 1 saturated heterocycles. The van der Waals surface area contributed by atoms with E-state index in [1.165, 1.54) is 33.6 Å². The van der Waals surface area contributed by atoms with Gasteiger partial charge in [0.1, 0.15) is 12.4 Å². The highest BCUT2D eigenvalue weighted by Crippen LogP contribution is 2.29. The Morgan fingerprint density at radius 2 is 1.85 bits per heavy atom. The number of halogens is 4. The van der Waals surface area contributed by atoms with E-state index >= 15 is 0 Å². The summed E-state index contributed by atoms with van der Waals surface area (Å²) in [6, 6.07) is 5.88. The lowest BCUT2D eigenvalue weighted by Gasteiger charge is -2.35. The molecule has 184 valence electrons. The van der Waals surface area contributed by atoms with Crippen LogP contribution in [0.25, 0.3) is 11.3 Å². The number of nitrogens with zero attached hydrogens (tertiary/aromatic N) is 4. The van der Waals surface area contributed by atoms with Gasteiger partial charge in [-0.1, -0.05) is 11.6 Å². The third-order valence-corrected chi connectivity index (χ3v) is 5.54. The summed E-state index contributed by atoms with van der Waals surface area (Å²) < 4.78 is 43.5. The summed E-state index contributed by atoms with van der Waals surface area (Å²) in [5.74, 6) is -0.128. The van der Waals surface area contributed by atoms with E-state index in [-0.39, 0.29) is 55.8 Å². The molecule has 0 saturated carbocycles. The molecule has 1 aliphatic rings. The van der Waals surface area contributed by atoms with Crippen molar-refractivity contribution in [2.75, 3.05) is 45.2 Å². The molecule has 34 heavy (non-hydrogen) atoms. The molecular weight excluding hydrogens is 479 g/mol. The van der Waals surface area contributed by atoms with E-state index in [1.807, 2.05) is 0 Å². The maximum absolute atomic E-state index is 12.8. The number of hydrogen-bond donors (Lipinski definition) is 1. The van der Waals surface area contributed by atoms with Crippen molar-refractivity contribution in [2.24, 2.45) is 0 Å². The first-order chi connectivity index (χ1) is 16.0. The quantitative estimate of drug-likeness (QED) is 0.677.